The summed E-state index contributed by atoms with van der Waals surface area (Å²) in [5.41, 5.74) is 1.44. The average Bonchev–Trinajstić information content (AvgIpc) is 3.42. The highest BCUT2D eigenvalue weighted by Crippen LogP contribution is 2.27. The first-order chi connectivity index (χ1) is 12.2. The van der Waals surface area contributed by atoms with Crippen molar-refractivity contribution in [3.8, 4) is 11.4 Å². The Bertz CT molecular complexity index is 897. The second kappa shape index (κ2) is 6.43. The molecule has 0 amide bonds. The molecule has 2 aromatic heterocycles. The molecule has 2 N–H and O–H groups in total. The zero-order chi connectivity index (χ0) is 17.2. The zero-order valence-electron chi connectivity index (χ0n) is 13.2. The Hall–Kier alpha value is -3.09. The Kier molecular flexibility index (Phi) is 3.97. The molecule has 1 aliphatic carbocycles. The second-order valence-corrected chi connectivity index (χ2v) is 5.84. The van der Waals surface area contributed by atoms with Crippen molar-refractivity contribution in [1.82, 2.24) is 15.0 Å². The van der Waals surface area contributed by atoms with Gasteiger partial charge in [0.1, 0.15) is 17.5 Å². The van der Waals surface area contributed by atoms with E-state index in [-0.39, 0.29) is 5.69 Å². The molecule has 0 radical (unpaired) electrons. The van der Waals surface area contributed by atoms with Crippen LogP contribution in [0.25, 0.3) is 11.4 Å². The quantitative estimate of drug-likeness (QED) is 0.732. The fraction of sp³-hybridized carbons (Fsp3) is 0.167. The topological polar surface area (TPSA) is 62.7 Å². The van der Waals surface area contributed by atoms with Gasteiger partial charge in [-0.2, -0.15) is 4.98 Å². The number of halogens is 2. The van der Waals surface area contributed by atoms with Gasteiger partial charge in [0.15, 0.2) is 0 Å². The summed E-state index contributed by atoms with van der Waals surface area (Å²) in [6.45, 7) is 0. The van der Waals surface area contributed by atoms with E-state index in [4.69, 9.17) is 0 Å². The van der Waals surface area contributed by atoms with Crippen LogP contribution in [0.5, 0.6) is 0 Å². The van der Waals surface area contributed by atoms with Crippen LogP contribution in [0.1, 0.15) is 12.8 Å². The maximum absolute atomic E-state index is 13.9. The average molecular weight is 339 g/mol. The van der Waals surface area contributed by atoms with Gasteiger partial charge in [-0.15, -0.1) is 0 Å². The molecule has 7 heteroatoms. The third-order valence-electron chi connectivity index (χ3n) is 3.76. The third kappa shape index (κ3) is 3.71. The zero-order valence-corrected chi connectivity index (χ0v) is 13.2. The van der Waals surface area contributed by atoms with Gasteiger partial charge in [-0.05, 0) is 37.1 Å². The predicted molar refractivity (Wildman–Crippen MR) is 91.5 cm³/mol. The van der Waals surface area contributed by atoms with Gasteiger partial charge < -0.3 is 10.6 Å². The number of pyridine rings is 1. The summed E-state index contributed by atoms with van der Waals surface area (Å²) in [5.74, 6) is -0.453. The summed E-state index contributed by atoms with van der Waals surface area (Å²) < 4.78 is 27.0. The van der Waals surface area contributed by atoms with Gasteiger partial charge in [0.25, 0.3) is 0 Å². The van der Waals surface area contributed by atoms with E-state index >= 15 is 0 Å². The molecular weight excluding hydrogens is 324 g/mol. The summed E-state index contributed by atoms with van der Waals surface area (Å²) in [6.07, 6.45) is 3.83. The molecule has 25 heavy (non-hydrogen) atoms. The lowest BCUT2D eigenvalue weighted by Gasteiger charge is -2.11. The van der Waals surface area contributed by atoms with E-state index in [1.807, 2.05) is 18.2 Å². The maximum atomic E-state index is 13.9. The number of nitrogens with one attached hydrogen (secondary N) is 2. The Balaban J connectivity index is 1.70. The number of benzene rings is 1. The van der Waals surface area contributed by atoms with E-state index in [1.54, 1.807) is 12.3 Å². The summed E-state index contributed by atoms with van der Waals surface area (Å²) in [7, 11) is 0. The SMILES string of the molecule is Fc1ccc(Nc2cc(-c3ccccn3)nc(NC3CC3)n2)c(F)c1. The normalized spacial score (nSPS) is 13.5. The monoisotopic (exact) mass is 339 g/mol. The van der Waals surface area contributed by atoms with E-state index in [9.17, 15) is 8.78 Å². The second-order valence-electron chi connectivity index (χ2n) is 5.84. The standard InChI is InChI=1S/C18H15F2N5/c19-11-4-7-14(13(20)9-11)23-17-10-16(15-3-1-2-8-21-15)24-18(25-17)22-12-5-6-12/h1-4,7-10,12H,5-6H2,(H2,22,23,24,25). The molecule has 5 nitrogen and oxygen atoms in total. The smallest absolute Gasteiger partial charge is 0.225 e. The molecule has 1 fully saturated rings. The van der Waals surface area contributed by atoms with Crippen LogP contribution in [-0.2, 0) is 0 Å². The van der Waals surface area contributed by atoms with Crippen molar-refractivity contribution >= 4 is 17.5 Å². The largest absolute Gasteiger partial charge is 0.351 e. The van der Waals surface area contributed by atoms with Gasteiger partial charge in [0.05, 0.1) is 17.1 Å². The van der Waals surface area contributed by atoms with Crippen molar-refractivity contribution in [2.45, 2.75) is 18.9 Å². The van der Waals surface area contributed by atoms with Gasteiger partial charge in [-0.25, -0.2) is 13.8 Å². The molecule has 3 aromatic rings. The van der Waals surface area contributed by atoms with Crippen LogP contribution in [0.4, 0.5) is 26.2 Å². The number of anilines is 3. The van der Waals surface area contributed by atoms with Crippen molar-refractivity contribution < 1.29 is 8.78 Å². The minimum Gasteiger partial charge on any atom is -0.351 e. The van der Waals surface area contributed by atoms with Gasteiger partial charge in [-0.3, -0.25) is 4.98 Å². The molecule has 4 rings (SSSR count). The molecule has 0 bridgehead atoms. The number of aromatic nitrogens is 3. The van der Waals surface area contributed by atoms with Crippen molar-refractivity contribution in [3.05, 3.63) is 60.3 Å². The lowest BCUT2D eigenvalue weighted by atomic mass is 10.2. The molecule has 0 saturated heterocycles. The number of hydrogen-bond donors (Lipinski definition) is 2. The first-order valence-corrected chi connectivity index (χ1v) is 7.96. The van der Waals surface area contributed by atoms with Crippen molar-refractivity contribution in [1.29, 1.82) is 0 Å². The molecular formula is C18H15F2N5. The Morgan fingerprint density at radius 2 is 1.84 bits per heavy atom. The van der Waals surface area contributed by atoms with Crippen LogP contribution < -0.4 is 10.6 Å². The molecule has 1 aromatic carbocycles. The van der Waals surface area contributed by atoms with Crippen LogP contribution in [0.15, 0.2) is 48.7 Å². The minimum absolute atomic E-state index is 0.143. The summed E-state index contributed by atoms with van der Waals surface area (Å²) in [5, 5.41) is 6.12. The fourth-order valence-electron chi connectivity index (χ4n) is 2.36. The lowest BCUT2D eigenvalue weighted by Crippen LogP contribution is -2.08. The Morgan fingerprint density at radius 3 is 2.56 bits per heavy atom. The molecule has 0 unspecified atom stereocenters. The molecule has 126 valence electrons. The van der Waals surface area contributed by atoms with Gasteiger partial charge in [0.2, 0.25) is 5.95 Å². The van der Waals surface area contributed by atoms with Crippen LogP contribution in [0.3, 0.4) is 0 Å². The van der Waals surface area contributed by atoms with Crippen LogP contribution >= 0.6 is 0 Å². The van der Waals surface area contributed by atoms with Gasteiger partial charge >= 0.3 is 0 Å². The van der Waals surface area contributed by atoms with E-state index in [0.29, 0.717) is 29.2 Å². The summed E-state index contributed by atoms with van der Waals surface area (Å²) in [4.78, 5) is 13.2. The summed E-state index contributed by atoms with van der Waals surface area (Å²) in [6, 6.07) is 10.9. The van der Waals surface area contributed by atoms with E-state index in [2.05, 4.69) is 25.6 Å². The highest BCUT2D eigenvalue weighted by atomic mass is 19.1. The first kappa shape index (κ1) is 15.4. The Labute approximate surface area is 143 Å². The van der Waals surface area contributed by atoms with Gasteiger partial charge in [0, 0.05) is 24.4 Å². The molecule has 0 aliphatic heterocycles. The van der Waals surface area contributed by atoms with E-state index < -0.39 is 11.6 Å². The molecule has 0 atom stereocenters. The van der Waals surface area contributed by atoms with Crippen LogP contribution in [0, 0.1) is 11.6 Å². The molecule has 2 heterocycles. The van der Waals surface area contributed by atoms with E-state index in [0.717, 1.165) is 18.9 Å². The minimum atomic E-state index is -0.685. The fourth-order valence-corrected chi connectivity index (χ4v) is 2.36. The molecule has 1 saturated carbocycles. The van der Waals surface area contributed by atoms with Gasteiger partial charge in [-0.1, -0.05) is 6.07 Å². The maximum Gasteiger partial charge on any atom is 0.225 e. The Morgan fingerprint density at radius 1 is 0.960 bits per heavy atom. The predicted octanol–water partition coefficient (Wildman–Crippen LogP) is 4.13. The third-order valence-corrected chi connectivity index (χ3v) is 3.76. The van der Waals surface area contributed by atoms with Crippen LogP contribution in [-0.4, -0.2) is 21.0 Å². The number of nitrogens with zero attached hydrogens (tertiary/aromatic N) is 3. The van der Waals surface area contributed by atoms with E-state index in [1.165, 1.54) is 12.1 Å². The molecule has 1 aliphatic rings. The van der Waals surface area contributed by atoms with Crippen LogP contribution in [0.2, 0.25) is 0 Å². The van der Waals surface area contributed by atoms with Crippen molar-refractivity contribution in [2.24, 2.45) is 0 Å². The first-order valence-electron chi connectivity index (χ1n) is 7.96. The molecule has 0 spiro atoms. The number of hydrogen-bond acceptors (Lipinski definition) is 5. The number of rotatable bonds is 5. The lowest BCUT2D eigenvalue weighted by molar-refractivity contribution is 0.586. The van der Waals surface area contributed by atoms with Crippen molar-refractivity contribution in [2.75, 3.05) is 10.6 Å². The highest BCUT2D eigenvalue weighted by molar-refractivity contribution is 5.65. The highest BCUT2D eigenvalue weighted by Gasteiger charge is 2.22. The van der Waals surface area contributed by atoms with Crippen molar-refractivity contribution in [3.63, 3.8) is 0 Å². The summed E-state index contributed by atoms with van der Waals surface area (Å²) >= 11 is 0.